The number of benzene rings is 3. The third kappa shape index (κ3) is 7.27. The number of halogens is 2. The first kappa shape index (κ1) is 39.9. The van der Waals surface area contributed by atoms with Crippen LogP contribution in [0.5, 0.6) is 5.75 Å². The third-order valence-corrected chi connectivity index (χ3v) is 15.3. The second-order valence-corrected chi connectivity index (χ2v) is 19.0. The molecule has 1 saturated carbocycles. The lowest BCUT2D eigenvalue weighted by molar-refractivity contribution is -0.120. The average molecular weight is 857 g/mol. The number of amides is 3. The van der Waals surface area contributed by atoms with Crippen molar-refractivity contribution in [2.75, 3.05) is 77.7 Å². The number of piperidine rings is 2. The first-order valence-corrected chi connectivity index (χ1v) is 22.7. The van der Waals surface area contributed by atoms with E-state index in [0.717, 1.165) is 107 Å². The standard InChI is InChI=1S/C48H54F2N10O3/c49-37-8-7-32(60-33-5-6-34(60)29-57(28-33)43-24-39(53-54-46(43)51)36-3-1-2-4-44(36)61)22-41(37)56-15-9-30(10-16-56)27-55-19-13-48(14-20-55)25-35(26-48)58-17-11-31-21-42(38(50)23-40(31)58)59-18-12-45(62)52-47(59)63/h1-4,7-8,11,17,21-24,30,33-35,61H,5-6,9-10,12-16,18-20,25-29H2,(H2,51,54)(H,52,62,63). The highest BCUT2D eigenvalue weighted by molar-refractivity contribution is 6.06. The largest absolute Gasteiger partial charge is 0.507 e. The van der Waals surface area contributed by atoms with E-state index in [1.807, 2.05) is 30.3 Å². The molecule has 2 aromatic heterocycles. The Balaban J connectivity index is 0.674. The Morgan fingerprint density at radius 2 is 1.54 bits per heavy atom. The third-order valence-electron chi connectivity index (χ3n) is 15.3. The van der Waals surface area contributed by atoms with E-state index in [1.54, 1.807) is 30.3 Å². The molecule has 5 saturated heterocycles. The first-order valence-electron chi connectivity index (χ1n) is 22.7. The van der Waals surface area contributed by atoms with Gasteiger partial charge in [0, 0.05) is 92.7 Å². The van der Waals surface area contributed by atoms with E-state index in [4.69, 9.17) is 5.73 Å². The number of aromatic hydroxyl groups is 1. The number of anilines is 5. The molecule has 2 unspecified atom stereocenters. The number of nitrogens with zero attached hydrogens (tertiary/aromatic N) is 8. The lowest BCUT2D eigenvalue weighted by Crippen LogP contribution is -2.54. The van der Waals surface area contributed by atoms with Crippen LogP contribution in [0.25, 0.3) is 22.2 Å². The summed E-state index contributed by atoms with van der Waals surface area (Å²) in [6.45, 7) is 6.65. The van der Waals surface area contributed by atoms with Crippen molar-refractivity contribution < 1.29 is 23.5 Å². The van der Waals surface area contributed by atoms with Crippen molar-refractivity contribution in [3.05, 3.63) is 84.6 Å². The lowest BCUT2D eigenvalue weighted by atomic mass is 9.60. The smallest absolute Gasteiger partial charge is 0.328 e. The molecule has 5 aromatic rings. The molecular formula is C48H54F2N10O3. The summed E-state index contributed by atoms with van der Waals surface area (Å²) in [6.07, 6.45) is 10.9. The summed E-state index contributed by atoms with van der Waals surface area (Å²) in [7, 11) is 0. The van der Waals surface area contributed by atoms with Crippen LogP contribution >= 0.6 is 0 Å². The molecule has 7 heterocycles. The highest BCUT2D eigenvalue weighted by atomic mass is 19.1. The van der Waals surface area contributed by atoms with Crippen molar-refractivity contribution in [3.63, 3.8) is 0 Å². The van der Waals surface area contributed by atoms with Crippen molar-refractivity contribution in [2.24, 2.45) is 11.3 Å². The number of rotatable bonds is 8. The van der Waals surface area contributed by atoms with Gasteiger partial charge < -0.3 is 35.0 Å². The fourth-order valence-electron chi connectivity index (χ4n) is 11.9. The number of piperazine rings is 1. The van der Waals surface area contributed by atoms with Crippen molar-refractivity contribution >= 4 is 51.4 Å². The number of carbonyl (C=O) groups is 2. The van der Waals surface area contributed by atoms with Gasteiger partial charge in [0.2, 0.25) is 5.91 Å². The number of hydrogen-bond donors (Lipinski definition) is 3. The first-order chi connectivity index (χ1) is 30.6. The van der Waals surface area contributed by atoms with Crippen LogP contribution in [0.3, 0.4) is 0 Å². The highest BCUT2D eigenvalue weighted by Crippen LogP contribution is 2.55. The van der Waals surface area contributed by atoms with Crippen LogP contribution in [0.1, 0.15) is 63.8 Å². The van der Waals surface area contributed by atoms with Crippen molar-refractivity contribution in [1.82, 2.24) is 25.0 Å². The summed E-state index contributed by atoms with van der Waals surface area (Å²) >= 11 is 0. The Kier molecular flexibility index (Phi) is 9.92. The van der Waals surface area contributed by atoms with Gasteiger partial charge in [-0.15, -0.1) is 10.2 Å². The van der Waals surface area contributed by atoms with Crippen LogP contribution in [-0.2, 0) is 4.79 Å². The topological polar surface area (TPSA) is 139 Å². The quantitative estimate of drug-likeness (QED) is 0.146. The molecule has 2 bridgehead atoms. The number of carbonyl (C=O) groups excluding carboxylic acids is 2. The number of nitrogens with one attached hydrogen (secondary N) is 1. The van der Waals surface area contributed by atoms with E-state index in [2.05, 4.69) is 51.9 Å². The summed E-state index contributed by atoms with van der Waals surface area (Å²) in [4.78, 5) is 35.0. The number of hydrogen-bond acceptors (Lipinski definition) is 10. The minimum Gasteiger partial charge on any atom is -0.507 e. The number of phenolic OH excluding ortho intramolecular Hbond substituents is 1. The summed E-state index contributed by atoms with van der Waals surface area (Å²) < 4.78 is 33.2. The Labute approximate surface area is 365 Å². The number of imide groups is 1. The van der Waals surface area contributed by atoms with Crippen molar-refractivity contribution in [3.8, 4) is 17.0 Å². The van der Waals surface area contributed by atoms with Gasteiger partial charge in [-0.3, -0.25) is 15.0 Å². The summed E-state index contributed by atoms with van der Waals surface area (Å²) in [5.41, 5.74) is 11.6. The number of nitrogens with two attached hydrogens (primary N) is 1. The Morgan fingerprint density at radius 3 is 2.29 bits per heavy atom. The second kappa shape index (κ2) is 15.7. The molecule has 63 heavy (non-hydrogen) atoms. The molecule has 2 atom stereocenters. The highest BCUT2D eigenvalue weighted by Gasteiger charge is 2.47. The Hall–Kier alpha value is -5.96. The summed E-state index contributed by atoms with van der Waals surface area (Å²) in [5, 5.41) is 22.2. The maximum Gasteiger partial charge on any atom is 0.328 e. The van der Waals surface area contributed by atoms with Gasteiger partial charge in [0.25, 0.3) is 0 Å². The number of likely N-dealkylation sites (tertiary alicyclic amines) is 1. The van der Waals surface area contributed by atoms with Crippen molar-refractivity contribution in [1.29, 1.82) is 0 Å². The molecule has 1 aliphatic carbocycles. The number of phenols is 1. The molecule has 5 aliphatic heterocycles. The van der Waals surface area contributed by atoms with Crippen molar-refractivity contribution in [2.45, 2.75) is 75.9 Å². The van der Waals surface area contributed by atoms with Crippen LogP contribution < -0.4 is 30.7 Å². The maximum absolute atomic E-state index is 15.6. The predicted molar refractivity (Wildman–Crippen MR) is 240 cm³/mol. The van der Waals surface area contributed by atoms with Crippen LogP contribution in [0.4, 0.5) is 42.1 Å². The zero-order valence-corrected chi connectivity index (χ0v) is 35.4. The molecule has 4 N–H and O–H groups in total. The fourth-order valence-corrected chi connectivity index (χ4v) is 11.9. The number of para-hydroxylation sites is 1. The molecule has 15 heteroatoms. The monoisotopic (exact) mass is 856 g/mol. The molecule has 0 radical (unpaired) electrons. The minimum absolute atomic E-state index is 0.152. The zero-order chi connectivity index (χ0) is 43.0. The van der Waals surface area contributed by atoms with Gasteiger partial charge in [0.15, 0.2) is 5.82 Å². The predicted octanol–water partition coefficient (Wildman–Crippen LogP) is 7.30. The molecule has 3 amide bonds. The molecule has 3 aromatic carbocycles. The molecule has 328 valence electrons. The zero-order valence-electron chi connectivity index (χ0n) is 35.4. The van der Waals surface area contributed by atoms with Gasteiger partial charge >= 0.3 is 6.03 Å². The van der Waals surface area contributed by atoms with Gasteiger partial charge in [-0.2, -0.15) is 0 Å². The second-order valence-electron chi connectivity index (χ2n) is 19.0. The Bertz CT molecular complexity index is 2560. The van der Waals surface area contributed by atoms with Crippen LogP contribution in [0.15, 0.2) is 72.9 Å². The van der Waals surface area contributed by atoms with Crippen LogP contribution in [-0.4, -0.2) is 101 Å². The van der Waals surface area contributed by atoms with E-state index in [-0.39, 0.29) is 48.2 Å². The van der Waals surface area contributed by atoms with Gasteiger partial charge in [-0.25, -0.2) is 13.6 Å². The Morgan fingerprint density at radius 1 is 0.778 bits per heavy atom. The molecule has 13 nitrogen and oxygen atoms in total. The van der Waals surface area contributed by atoms with Gasteiger partial charge in [0.1, 0.15) is 17.4 Å². The average Bonchev–Trinajstić information content (AvgIpc) is 3.79. The molecular weight excluding hydrogens is 803 g/mol. The maximum atomic E-state index is 15.6. The normalized spacial score (nSPS) is 23.2. The van der Waals surface area contributed by atoms with Gasteiger partial charge in [0.05, 0.1) is 28.3 Å². The van der Waals surface area contributed by atoms with Crippen LogP contribution in [0.2, 0.25) is 0 Å². The number of aromatic nitrogens is 3. The van der Waals surface area contributed by atoms with Gasteiger partial charge in [-0.1, -0.05) is 12.1 Å². The van der Waals surface area contributed by atoms with Gasteiger partial charge in [-0.05, 0) is 124 Å². The molecule has 11 rings (SSSR count). The van der Waals surface area contributed by atoms with E-state index >= 15 is 8.78 Å². The lowest BCUT2D eigenvalue weighted by Gasteiger charge is -2.53. The SMILES string of the molecule is Nc1nnc(-c2ccccc2O)cc1N1CC2CCC(C1)N2c1ccc(F)c(N2CCC(CN3CCC4(CC3)CC(n3ccc5cc(N6CCC(=O)NC6=O)c(F)cc53)C4)CC2)c1. The molecule has 6 fully saturated rings. The van der Waals surface area contributed by atoms with E-state index in [1.165, 1.54) is 17.7 Å². The molecule has 1 spiro atoms. The van der Waals surface area contributed by atoms with E-state index < -0.39 is 11.8 Å². The summed E-state index contributed by atoms with van der Waals surface area (Å²) in [5.74, 6) is 0.157. The minimum atomic E-state index is -0.581. The number of fused-ring (bicyclic) bond motifs is 3. The van der Waals surface area contributed by atoms with E-state index in [0.29, 0.717) is 40.1 Å². The van der Waals surface area contributed by atoms with E-state index in [9.17, 15) is 14.7 Å². The number of urea groups is 1. The van der Waals surface area contributed by atoms with Crippen LogP contribution in [0, 0.1) is 23.0 Å². The molecule has 6 aliphatic rings. The number of nitrogen functional groups attached to an aromatic ring is 1. The summed E-state index contributed by atoms with van der Waals surface area (Å²) in [6, 6.07) is 20.2. The fraction of sp³-hybridized carbons (Fsp3) is 0.458.